The van der Waals surface area contributed by atoms with Crippen molar-refractivity contribution in [1.29, 1.82) is 0 Å². The van der Waals surface area contributed by atoms with Crippen LogP contribution >= 0.6 is 23.2 Å². The predicted molar refractivity (Wildman–Crippen MR) is 108 cm³/mol. The van der Waals surface area contributed by atoms with Gasteiger partial charge < -0.3 is 9.47 Å². The number of nitrogens with one attached hydrogen (secondary N) is 1. The molecule has 0 aliphatic carbocycles. The molecule has 1 heterocycles. The molecule has 7 nitrogen and oxygen atoms in total. The number of hydrogen-bond acceptors (Lipinski definition) is 5. The van der Waals surface area contributed by atoms with E-state index in [-0.39, 0.29) is 10.7 Å². The summed E-state index contributed by atoms with van der Waals surface area (Å²) in [6.45, 7) is 0.412. The number of halogens is 2. The van der Waals surface area contributed by atoms with Gasteiger partial charge >= 0.3 is 0 Å². The summed E-state index contributed by atoms with van der Waals surface area (Å²) in [6.07, 6.45) is 1.66. The van der Waals surface area contributed by atoms with Gasteiger partial charge in [-0.25, -0.2) is 8.42 Å². The number of benzene rings is 2. The second-order valence-electron chi connectivity index (χ2n) is 5.77. The topological polar surface area (TPSA) is 82.5 Å². The number of nitrogens with zero attached hydrogens (tertiary/aromatic N) is 2. The van der Waals surface area contributed by atoms with Crippen LogP contribution in [0.1, 0.15) is 5.56 Å². The zero-order valence-corrected chi connectivity index (χ0v) is 17.3. The standard InChI is InChI=1S/C18H17Cl2N3O4S/c1-26-16-6-4-13(10-17(16)27-2)28(24,25)22-18-7-8-23(21-18)11-12-3-5-14(19)15(20)9-12/h3-10H,11H2,1-2H3,(H,21,22). The number of ether oxygens (including phenoxy) is 2. The lowest BCUT2D eigenvalue weighted by atomic mass is 10.2. The van der Waals surface area contributed by atoms with Crippen LogP contribution in [0.15, 0.2) is 53.6 Å². The maximum atomic E-state index is 12.6. The van der Waals surface area contributed by atoms with Gasteiger partial charge in [0.05, 0.1) is 35.7 Å². The largest absolute Gasteiger partial charge is 0.493 e. The summed E-state index contributed by atoms with van der Waals surface area (Å²) < 4.78 is 39.6. The third-order valence-corrected chi connectivity index (χ3v) is 5.96. The quantitative estimate of drug-likeness (QED) is 0.597. The van der Waals surface area contributed by atoms with Gasteiger partial charge in [-0.2, -0.15) is 5.10 Å². The molecular formula is C18H17Cl2N3O4S. The Balaban J connectivity index is 1.77. The van der Waals surface area contributed by atoms with E-state index in [1.165, 1.54) is 32.4 Å². The molecular weight excluding hydrogens is 425 g/mol. The van der Waals surface area contributed by atoms with Crippen LogP contribution in [0.25, 0.3) is 0 Å². The molecule has 0 atom stereocenters. The van der Waals surface area contributed by atoms with Gasteiger partial charge in [-0.1, -0.05) is 29.3 Å². The Kier molecular flexibility index (Phi) is 6.02. The molecule has 0 amide bonds. The Morgan fingerprint density at radius 3 is 2.43 bits per heavy atom. The first kappa shape index (κ1) is 20.3. The molecule has 0 aliphatic rings. The lowest BCUT2D eigenvalue weighted by Gasteiger charge is -2.10. The van der Waals surface area contributed by atoms with E-state index in [1.54, 1.807) is 29.1 Å². The van der Waals surface area contributed by atoms with Gasteiger partial charge in [0.2, 0.25) is 0 Å². The van der Waals surface area contributed by atoms with Crippen LogP contribution in [-0.4, -0.2) is 32.4 Å². The third kappa shape index (κ3) is 4.52. The molecule has 3 rings (SSSR count). The third-order valence-electron chi connectivity index (χ3n) is 3.87. The molecule has 2 aromatic carbocycles. The highest BCUT2D eigenvalue weighted by Gasteiger charge is 2.18. The monoisotopic (exact) mass is 441 g/mol. The molecule has 28 heavy (non-hydrogen) atoms. The molecule has 0 fully saturated rings. The van der Waals surface area contributed by atoms with Gasteiger partial charge in [0.25, 0.3) is 10.0 Å². The highest BCUT2D eigenvalue weighted by molar-refractivity contribution is 7.92. The summed E-state index contributed by atoms with van der Waals surface area (Å²) in [7, 11) is -0.929. The van der Waals surface area contributed by atoms with Crippen LogP contribution in [0.4, 0.5) is 5.82 Å². The zero-order chi connectivity index (χ0) is 20.3. The maximum Gasteiger partial charge on any atom is 0.263 e. The Labute approximate surface area is 172 Å². The molecule has 0 spiro atoms. The molecule has 0 unspecified atom stereocenters. The van der Waals surface area contributed by atoms with Gasteiger partial charge in [-0.05, 0) is 29.8 Å². The van der Waals surface area contributed by atoms with Crippen molar-refractivity contribution < 1.29 is 17.9 Å². The number of aromatic nitrogens is 2. The van der Waals surface area contributed by atoms with E-state index in [2.05, 4.69) is 9.82 Å². The Hall–Kier alpha value is -2.42. The molecule has 0 radical (unpaired) electrons. The average Bonchev–Trinajstić information content (AvgIpc) is 3.10. The Morgan fingerprint density at radius 2 is 1.75 bits per heavy atom. The second-order valence-corrected chi connectivity index (χ2v) is 8.27. The van der Waals surface area contributed by atoms with E-state index < -0.39 is 10.0 Å². The van der Waals surface area contributed by atoms with Gasteiger partial charge in [0.1, 0.15) is 0 Å². The minimum Gasteiger partial charge on any atom is -0.493 e. The number of hydrogen-bond donors (Lipinski definition) is 1. The number of methoxy groups -OCH3 is 2. The fraction of sp³-hybridized carbons (Fsp3) is 0.167. The van der Waals surface area contributed by atoms with Crippen LogP contribution in [0, 0.1) is 0 Å². The van der Waals surface area contributed by atoms with Crippen molar-refractivity contribution in [3.8, 4) is 11.5 Å². The van der Waals surface area contributed by atoms with E-state index in [4.69, 9.17) is 32.7 Å². The highest BCUT2D eigenvalue weighted by atomic mass is 35.5. The first-order valence-corrected chi connectivity index (χ1v) is 10.3. The van der Waals surface area contributed by atoms with Crippen molar-refractivity contribution in [1.82, 2.24) is 9.78 Å². The molecule has 10 heteroatoms. The van der Waals surface area contributed by atoms with Gasteiger partial charge in [0.15, 0.2) is 17.3 Å². The number of anilines is 1. The van der Waals surface area contributed by atoms with Gasteiger partial charge in [0, 0.05) is 18.3 Å². The summed E-state index contributed by atoms with van der Waals surface area (Å²) in [4.78, 5) is 0.0317. The van der Waals surface area contributed by atoms with E-state index in [9.17, 15) is 8.42 Å². The van der Waals surface area contributed by atoms with Crippen molar-refractivity contribution in [2.24, 2.45) is 0 Å². The van der Waals surface area contributed by atoms with E-state index >= 15 is 0 Å². The summed E-state index contributed by atoms with van der Waals surface area (Å²) in [5, 5.41) is 5.15. The molecule has 0 saturated carbocycles. The highest BCUT2D eigenvalue weighted by Crippen LogP contribution is 2.30. The minimum absolute atomic E-state index is 0.0317. The smallest absolute Gasteiger partial charge is 0.263 e. The second kappa shape index (κ2) is 8.30. The minimum atomic E-state index is -3.84. The SMILES string of the molecule is COc1ccc(S(=O)(=O)Nc2ccn(Cc3ccc(Cl)c(Cl)c3)n2)cc1OC. The number of sulfonamides is 1. The van der Waals surface area contributed by atoms with E-state index in [0.29, 0.717) is 28.1 Å². The zero-order valence-electron chi connectivity index (χ0n) is 15.0. The molecule has 0 aliphatic heterocycles. The van der Waals surface area contributed by atoms with Crippen molar-refractivity contribution >= 4 is 39.0 Å². The molecule has 0 bridgehead atoms. The predicted octanol–water partition coefficient (Wildman–Crippen LogP) is 4.06. The average molecular weight is 442 g/mol. The van der Waals surface area contributed by atoms with Crippen LogP contribution in [-0.2, 0) is 16.6 Å². The Bertz CT molecular complexity index is 1100. The van der Waals surface area contributed by atoms with E-state index in [0.717, 1.165) is 5.56 Å². The van der Waals surface area contributed by atoms with Crippen LogP contribution in [0.3, 0.4) is 0 Å². The first-order chi connectivity index (χ1) is 13.3. The van der Waals surface area contributed by atoms with Crippen molar-refractivity contribution in [2.75, 3.05) is 18.9 Å². The number of rotatable bonds is 7. The summed E-state index contributed by atoms with van der Waals surface area (Å²) in [5.41, 5.74) is 0.881. The Morgan fingerprint density at radius 1 is 1.00 bits per heavy atom. The molecule has 3 aromatic rings. The normalized spacial score (nSPS) is 11.3. The fourth-order valence-corrected chi connectivity index (χ4v) is 3.84. The fourth-order valence-electron chi connectivity index (χ4n) is 2.51. The van der Waals surface area contributed by atoms with Crippen molar-refractivity contribution in [3.63, 3.8) is 0 Å². The van der Waals surface area contributed by atoms with Crippen LogP contribution in [0.5, 0.6) is 11.5 Å². The molecule has 1 aromatic heterocycles. The molecule has 0 saturated heterocycles. The van der Waals surface area contributed by atoms with E-state index in [1.807, 2.05) is 6.07 Å². The summed E-state index contributed by atoms with van der Waals surface area (Å²) in [5.74, 6) is 0.942. The van der Waals surface area contributed by atoms with Crippen molar-refractivity contribution in [2.45, 2.75) is 11.4 Å². The van der Waals surface area contributed by atoms with Crippen molar-refractivity contribution in [3.05, 3.63) is 64.3 Å². The first-order valence-electron chi connectivity index (χ1n) is 8.04. The maximum absolute atomic E-state index is 12.6. The van der Waals surface area contributed by atoms with Crippen LogP contribution in [0.2, 0.25) is 10.0 Å². The molecule has 1 N–H and O–H groups in total. The van der Waals surface area contributed by atoms with Gasteiger partial charge in [-0.3, -0.25) is 9.40 Å². The summed E-state index contributed by atoms with van der Waals surface area (Å²) in [6, 6.07) is 11.2. The summed E-state index contributed by atoms with van der Waals surface area (Å²) >= 11 is 11.9. The molecule has 148 valence electrons. The lowest BCUT2D eigenvalue weighted by molar-refractivity contribution is 0.354. The lowest BCUT2D eigenvalue weighted by Crippen LogP contribution is -2.14. The van der Waals surface area contributed by atoms with Crippen LogP contribution < -0.4 is 14.2 Å². The van der Waals surface area contributed by atoms with Gasteiger partial charge in [-0.15, -0.1) is 0 Å².